The minimum absolute atomic E-state index is 0.312. The van der Waals surface area contributed by atoms with Gasteiger partial charge < -0.3 is 5.32 Å². The molecule has 3 rings (SSSR count). The maximum atomic E-state index is 13.3. The Balaban J connectivity index is 1.81. The van der Waals surface area contributed by atoms with Crippen LogP contribution in [0.15, 0.2) is 48.5 Å². The van der Waals surface area contributed by atoms with Gasteiger partial charge in [0.15, 0.2) is 5.82 Å². The minimum Gasteiger partial charge on any atom is -0.342 e. The van der Waals surface area contributed by atoms with E-state index in [1.807, 2.05) is 30.3 Å². The van der Waals surface area contributed by atoms with E-state index in [4.69, 9.17) is 0 Å². The maximum absolute atomic E-state index is 13.3. The smallest absolute Gasteiger partial charge is 0.251 e. The molecular formula is C17H16FN5O. The normalized spacial score (nSPS) is 12.0. The van der Waals surface area contributed by atoms with Crippen LogP contribution in [0.3, 0.4) is 0 Å². The minimum atomic E-state index is -0.418. The fourth-order valence-corrected chi connectivity index (χ4v) is 2.35. The molecule has 0 saturated heterocycles. The van der Waals surface area contributed by atoms with Crippen molar-refractivity contribution in [2.24, 2.45) is 0 Å². The van der Waals surface area contributed by atoms with E-state index in [9.17, 15) is 9.18 Å². The third-order valence-corrected chi connectivity index (χ3v) is 3.65. The van der Waals surface area contributed by atoms with Crippen LogP contribution in [0.4, 0.5) is 4.39 Å². The average Bonchev–Trinajstić information content (AvgIpc) is 3.08. The molecule has 0 fully saturated rings. The highest BCUT2D eigenvalue weighted by atomic mass is 19.1. The molecule has 1 amide bonds. The van der Waals surface area contributed by atoms with Gasteiger partial charge in [-0.1, -0.05) is 18.2 Å². The van der Waals surface area contributed by atoms with Gasteiger partial charge in [0.1, 0.15) is 5.82 Å². The first-order valence-electron chi connectivity index (χ1n) is 7.47. The average molecular weight is 325 g/mol. The second kappa shape index (κ2) is 6.57. The lowest BCUT2D eigenvalue weighted by Crippen LogP contribution is -2.28. The summed E-state index contributed by atoms with van der Waals surface area (Å²) < 4.78 is 14.9. The maximum Gasteiger partial charge on any atom is 0.251 e. The number of carbonyl (C=O) groups excluding carboxylic acids is 1. The van der Waals surface area contributed by atoms with Gasteiger partial charge in [0.05, 0.1) is 11.7 Å². The number of halogens is 1. The molecule has 1 N–H and O–H groups in total. The Morgan fingerprint density at radius 3 is 2.67 bits per heavy atom. The van der Waals surface area contributed by atoms with Gasteiger partial charge in [-0.05, 0) is 60.2 Å². The topological polar surface area (TPSA) is 72.7 Å². The number of aromatic nitrogens is 4. The van der Waals surface area contributed by atoms with E-state index in [1.54, 1.807) is 18.5 Å². The number of carbonyl (C=O) groups is 1. The molecule has 0 spiro atoms. The monoisotopic (exact) mass is 325 g/mol. The van der Waals surface area contributed by atoms with Crippen LogP contribution in [0.25, 0.3) is 5.69 Å². The van der Waals surface area contributed by atoms with Crippen molar-refractivity contribution in [3.63, 3.8) is 0 Å². The van der Waals surface area contributed by atoms with Crippen LogP contribution in [-0.2, 0) is 0 Å². The molecule has 1 atom stereocenters. The van der Waals surface area contributed by atoms with Crippen molar-refractivity contribution in [3.8, 4) is 5.69 Å². The second-order valence-corrected chi connectivity index (χ2v) is 5.44. The van der Waals surface area contributed by atoms with E-state index in [0.717, 1.165) is 5.69 Å². The molecule has 0 saturated carbocycles. The molecule has 122 valence electrons. The van der Waals surface area contributed by atoms with Gasteiger partial charge in [0.2, 0.25) is 0 Å². The van der Waals surface area contributed by atoms with Crippen LogP contribution in [0, 0.1) is 12.7 Å². The first kappa shape index (κ1) is 15.8. The van der Waals surface area contributed by atoms with Gasteiger partial charge in [0.25, 0.3) is 5.91 Å². The first-order valence-corrected chi connectivity index (χ1v) is 7.47. The Morgan fingerprint density at radius 1 is 1.21 bits per heavy atom. The van der Waals surface area contributed by atoms with Crippen LogP contribution in [0.5, 0.6) is 0 Å². The summed E-state index contributed by atoms with van der Waals surface area (Å²) in [6.45, 7) is 3.41. The summed E-state index contributed by atoms with van der Waals surface area (Å²) >= 11 is 0. The first-order chi connectivity index (χ1) is 11.6. The van der Waals surface area contributed by atoms with Crippen molar-refractivity contribution in [3.05, 3.63) is 71.3 Å². The van der Waals surface area contributed by atoms with Crippen LogP contribution >= 0.6 is 0 Å². The molecular weight excluding hydrogens is 309 g/mol. The zero-order valence-electron chi connectivity index (χ0n) is 13.3. The predicted octanol–water partition coefficient (Wildman–Crippen LogP) is 2.60. The molecule has 0 bridgehead atoms. The number of tetrazole rings is 1. The lowest BCUT2D eigenvalue weighted by molar-refractivity contribution is 0.0937. The van der Waals surface area contributed by atoms with Gasteiger partial charge in [-0.3, -0.25) is 4.79 Å². The number of hydrogen-bond donors (Lipinski definition) is 1. The molecule has 6 nitrogen and oxygen atoms in total. The summed E-state index contributed by atoms with van der Waals surface area (Å²) in [6.07, 6.45) is 0. The Morgan fingerprint density at radius 2 is 1.96 bits per heavy atom. The Labute approximate surface area is 138 Å². The van der Waals surface area contributed by atoms with E-state index in [1.165, 1.54) is 18.2 Å². The van der Waals surface area contributed by atoms with Crippen molar-refractivity contribution < 1.29 is 9.18 Å². The van der Waals surface area contributed by atoms with Gasteiger partial charge in [-0.2, -0.15) is 4.68 Å². The van der Waals surface area contributed by atoms with Gasteiger partial charge >= 0.3 is 0 Å². The Hall–Kier alpha value is -3.09. The van der Waals surface area contributed by atoms with Crippen LogP contribution in [0.1, 0.15) is 34.7 Å². The Bertz CT molecular complexity index is 862. The summed E-state index contributed by atoms with van der Waals surface area (Å²) in [5.74, 6) is -0.144. The van der Waals surface area contributed by atoms with Gasteiger partial charge in [-0.15, -0.1) is 5.10 Å². The number of rotatable bonds is 4. The molecule has 3 aromatic rings. The number of para-hydroxylation sites is 1. The lowest BCUT2D eigenvalue weighted by atomic mass is 10.1. The number of nitrogens with zero attached hydrogens (tertiary/aromatic N) is 4. The summed E-state index contributed by atoms with van der Waals surface area (Å²) in [7, 11) is 0. The Kier molecular flexibility index (Phi) is 4.33. The third kappa shape index (κ3) is 3.15. The fourth-order valence-electron chi connectivity index (χ4n) is 2.35. The molecule has 1 aromatic heterocycles. The van der Waals surface area contributed by atoms with Crippen molar-refractivity contribution in [1.29, 1.82) is 0 Å². The van der Waals surface area contributed by atoms with E-state index in [0.29, 0.717) is 17.0 Å². The highest BCUT2D eigenvalue weighted by molar-refractivity contribution is 5.94. The standard InChI is InChI=1S/C17H16FN5O/c1-11-10-13(8-9-15(11)18)17(24)19-12(2)16-20-21-22-23(16)14-6-4-3-5-7-14/h3-10,12H,1-2H3,(H,19,24)/t12-/m0/s1. The lowest BCUT2D eigenvalue weighted by Gasteiger charge is -2.14. The molecule has 0 aliphatic carbocycles. The molecule has 0 unspecified atom stereocenters. The predicted molar refractivity (Wildman–Crippen MR) is 86.2 cm³/mol. The van der Waals surface area contributed by atoms with Gasteiger partial charge in [0, 0.05) is 5.56 Å². The van der Waals surface area contributed by atoms with Crippen LogP contribution in [-0.4, -0.2) is 26.1 Å². The number of benzene rings is 2. The van der Waals surface area contributed by atoms with E-state index < -0.39 is 6.04 Å². The number of nitrogens with one attached hydrogen (secondary N) is 1. The molecule has 1 heterocycles. The molecule has 2 aromatic carbocycles. The molecule has 0 aliphatic heterocycles. The number of aryl methyl sites for hydroxylation is 1. The summed E-state index contributed by atoms with van der Waals surface area (Å²) in [6, 6.07) is 13.2. The fraction of sp³-hybridized carbons (Fsp3) is 0.176. The van der Waals surface area contributed by atoms with Crippen molar-refractivity contribution in [2.45, 2.75) is 19.9 Å². The van der Waals surface area contributed by atoms with E-state index in [2.05, 4.69) is 20.8 Å². The third-order valence-electron chi connectivity index (χ3n) is 3.65. The quantitative estimate of drug-likeness (QED) is 0.800. The highest BCUT2D eigenvalue weighted by Gasteiger charge is 2.19. The van der Waals surface area contributed by atoms with Gasteiger partial charge in [-0.25, -0.2) is 4.39 Å². The van der Waals surface area contributed by atoms with Crippen molar-refractivity contribution in [2.75, 3.05) is 0 Å². The summed E-state index contributed by atoms with van der Waals surface area (Å²) in [5.41, 5.74) is 1.61. The number of amides is 1. The summed E-state index contributed by atoms with van der Waals surface area (Å²) in [5, 5.41) is 14.5. The van der Waals surface area contributed by atoms with E-state index in [-0.39, 0.29) is 11.7 Å². The summed E-state index contributed by atoms with van der Waals surface area (Å²) in [4.78, 5) is 12.4. The largest absolute Gasteiger partial charge is 0.342 e. The SMILES string of the molecule is Cc1cc(C(=O)N[C@@H](C)c2nnnn2-c2ccccc2)ccc1F. The zero-order chi connectivity index (χ0) is 17.1. The highest BCUT2D eigenvalue weighted by Crippen LogP contribution is 2.15. The number of hydrogen-bond acceptors (Lipinski definition) is 4. The molecule has 0 radical (unpaired) electrons. The zero-order valence-corrected chi connectivity index (χ0v) is 13.3. The van der Waals surface area contributed by atoms with Crippen LogP contribution in [0.2, 0.25) is 0 Å². The molecule has 0 aliphatic rings. The van der Waals surface area contributed by atoms with E-state index >= 15 is 0 Å². The van der Waals surface area contributed by atoms with Crippen LogP contribution < -0.4 is 5.32 Å². The van der Waals surface area contributed by atoms with Crippen molar-refractivity contribution >= 4 is 5.91 Å². The van der Waals surface area contributed by atoms with Crippen molar-refractivity contribution in [1.82, 2.24) is 25.5 Å². The molecule has 7 heteroatoms. The molecule has 24 heavy (non-hydrogen) atoms. The second-order valence-electron chi connectivity index (χ2n) is 5.44.